The maximum Gasteiger partial charge on any atom is 0.519 e. The number of carbonyl (C=O) groups is 2. The molecule has 0 aliphatic heterocycles. The number of rotatable bonds is 13. The first-order valence-corrected chi connectivity index (χ1v) is 9.95. The molecule has 30 heavy (non-hydrogen) atoms. The topological polar surface area (TPSA) is 126 Å². The molecule has 2 N–H and O–H groups in total. The first kappa shape index (κ1) is 22.4. The maximum atomic E-state index is 12.1. The fraction of sp³-hybridized carbons (Fsp3) is 0.700. The number of hydrogen-bond donors (Lipinski definition) is 2. The number of unbranched alkanes of at least 4 members (excludes halogenated alkanes) is 7. The fourth-order valence-corrected chi connectivity index (χ4v) is 2.59. The summed E-state index contributed by atoms with van der Waals surface area (Å²) in [5, 5.41) is 10.1. The van der Waals surface area contributed by atoms with E-state index in [0.717, 1.165) is 19.3 Å². The number of nitrogens with zero attached hydrogens (tertiary/aromatic N) is 1. The molecule has 0 saturated carbocycles. The van der Waals surface area contributed by atoms with Crippen molar-refractivity contribution < 1.29 is 27.3 Å². The van der Waals surface area contributed by atoms with Gasteiger partial charge in [-0.15, -0.1) is 12.4 Å². The highest BCUT2D eigenvalue weighted by Gasteiger charge is 2.15. The zero-order valence-electron chi connectivity index (χ0n) is 20.6. The molecule has 1 aromatic heterocycles. The zero-order valence-corrected chi connectivity index (χ0v) is 18.4. The van der Waals surface area contributed by atoms with Crippen molar-refractivity contribution in [3.63, 3.8) is 0 Å². The van der Waals surface area contributed by atoms with E-state index < -0.39 is 43.8 Å². The average Bonchev–Trinajstić information content (AvgIpc) is 3.02. The van der Waals surface area contributed by atoms with Crippen LogP contribution < -0.4 is 11.1 Å². The van der Waals surface area contributed by atoms with Crippen LogP contribution in [0.4, 0.5) is 0 Å². The molecule has 0 radical (unpaired) electrons. The van der Waals surface area contributed by atoms with Crippen molar-refractivity contribution in [2.75, 3.05) is 13.5 Å². The standard InChI is InChI=1S/C20H33N3O6.ClH/c1-4-5-6-7-8-9-10-11-12-17(24)22-19(21)23(3)13-18(25)27-14-16-15(2)28-20(26)29-16;/h4-14H2,1-3H3,(H2,21,22,24);1H/i3D3;. The van der Waals surface area contributed by atoms with Crippen molar-refractivity contribution in [2.45, 2.75) is 78.2 Å². The highest BCUT2D eigenvalue weighted by Crippen LogP contribution is 2.09. The van der Waals surface area contributed by atoms with Crippen LogP contribution in [0.1, 0.15) is 80.3 Å². The number of halogens is 1. The lowest BCUT2D eigenvalue weighted by Gasteiger charge is -2.19. The highest BCUT2D eigenvalue weighted by molar-refractivity contribution is 5.96. The molecule has 0 atom stereocenters. The second kappa shape index (κ2) is 15.5. The lowest BCUT2D eigenvalue weighted by Crippen LogP contribution is -2.43. The Morgan fingerprint density at radius 1 is 1.13 bits per heavy atom. The predicted molar refractivity (Wildman–Crippen MR) is 115 cm³/mol. The van der Waals surface area contributed by atoms with Gasteiger partial charge in [-0.2, -0.15) is 0 Å². The Morgan fingerprint density at radius 3 is 2.33 bits per heavy atom. The number of nitrogens with one attached hydrogen (secondary N) is 2. The Bertz CT molecular complexity index is 810. The van der Waals surface area contributed by atoms with Crippen LogP contribution in [0.2, 0.25) is 0 Å². The normalized spacial score (nSPS) is 12.1. The van der Waals surface area contributed by atoms with Crippen molar-refractivity contribution in [2.24, 2.45) is 0 Å². The molecule has 0 aromatic carbocycles. The monoisotopic (exact) mass is 450 g/mol. The molecular formula is C20H34ClN3O6. The van der Waals surface area contributed by atoms with Crippen LogP contribution in [0.15, 0.2) is 13.6 Å². The molecule has 0 saturated heterocycles. The number of hydrogen-bond acceptors (Lipinski definition) is 7. The summed E-state index contributed by atoms with van der Waals surface area (Å²) in [4.78, 5) is 35.6. The first-order valence-electron chi connectivity index (χ1n) is 11.5. The fourth-order valence-electron chi connectivity index (χ4n) is 2.59. The molecule has 1 heterocycles. The van der Waals surface area contributed by atoms with E-state index in [-0.39, 0.29) is 30.3 Å². The third-order valence-corrected chi connectivity index (χ3v) is 4.27. The maximum absolute atomic E-state index is 12.1. The van der Waals surface area contributed by atoms with Gasteiger partial charge in [0.2, 0.25) is 5.91 Å². The smallest absolute Gasteiger partial charge is 0.456 e. The summed E-state index contributed by atoms with van der Waals surface area (Å²) in [5.41, 5.74) is 0. The van der Waals surface area contributed by atoms with E-state index in [9.17, 15) is 14.4 Å². The SMILES string of the molecule is Cl.[2H]C([2H])([2H])N(CC(=O)OCc1oc(=O)oc1C)C(=N)NC(=O)CCCCCCCCCC. The average molecular weight is 451 g/mol. The second-order valence-electron chi connectivity index (χ2n) is 6.80. The molecule has 1 amide bonds. The number of likely N-dealkylation sites (N-methyl/N-ethyl adjacent to an activating group) is 1. The van der Waals surface area contributed by atoms with Crippen molar-refractivity contribution in [3.8, 4) is 0 Å². The van der Waals surface area contributed by atoms with Gasteiger partial charge in [0.15, 0.2) is 24.1 Å². The third-order valence-electron chi connectivity index (χ3n) is 4.27. The Hall–Kier alpha value is -2.29. The highest BCUT2D eigenvalue weighted by atomic mass is 35.5. The van der Waals surface area contributed by atoms with Crippen molar-refractivity contribution in [1.29, 1.82) is 5.41 Å². The molecule has 0 fully saturated rings. The molecule has 0 bridgehead atoms. The molecule has 1 aromatic rings. The number of carbonyl (C=O) groups excluding carboxylic acids is 2. The summed E-state index contributed by atoms with van der Waals surface area (Å²) in [5.74, 6) is -2.99. The largest absolute Gasteiger partial charge is 0.519 e. The summed E-state index contributed by atoms with van der Waals surface area (Å²) in [6.07, 6.45) is 8.65. The molecular weight excluding hydrogens is 414 g/mol. The van der Waals surface area contributed by atoms with E-state index in [0.29, 0.717) is 11.3 Å². The predicted octanol–water partition coefficient (Wildman–Crippen LogP) is 3.52. The van der Waals surface area contributed by atoms with E-state index in [1.807, 2.05) is 0 Å². The van der Waals surface area contributed by atoms with E-state index in [1.165, 1.54) is 32.6 Å². The number of guanidine groups is 1. The molecule has 0 aliphatic carbocycles. The molecule has 0 aliphatic rings. The van der Waals surface area contributed by atoms with Gasteiger partial charge in [-0.25, -0.2) is 4.79 Å². The molecule has 9 nitrogen and oxygen atoms in total. The van der Waals surface area contributed by atoms with Gasteiger partial charge in [-0.3, -0.25) is 20.3 Å². The quantitative estimate of drug-likeness (QED) is 0.204. The summed E-state index contributed by atoms with van der Waals surface area (Å²) in [6.45, 7) is -0.465. The summed E-state index contributed by atoms with van der Waals surface area (Å²) >= 11 is 0. The minimum atomic E-state index is -2.85. The van der Waals surface area contributed by atoms with Gasteiger partial charge in [0.05, 0.1) is 0 Å². The minimum absolute atomic E-state index is 0. The number of esters is 1. The van der Waals surface area contributed by atoms with E-state index in [4.69, 9.17) is 18.7 Å². The van der Waals surface area contributed by atoms with Gasteiger partial charge >= 0.3 is 11.8 Å². The minimum Gasteiger partial charge on any atom is -0.456 e. The van der Waals surface area contributed by atoms with Gasteiger partial charge in [0.25, 0.3) is 0 Å². The van der Waals surface area contributed by atoms with Gasteiger partial charge in [-0.1, -0.05) is 51.9 Å². The third kappa shape index (κ3) is 11.6. The molecule has 0 spiro atoms. The van der Waals surface area contributed by atoms with Crippen molar-refractivity contribution >= 4 is 30.2 Å². The number of ether oxygens (including phenoxy) is 1. The summed E-state index contributed by atoms with van der Waals surface area (Å²) in [6, 6.07) is 0. The van der Waals surface area contributed by atoms with Crippen molar-refractivity contribution in [1.82, 2.24) is 10.2 Å². The van der Waals surface area contributed by atoms with Crippen LogP contribution in [0, 0.1) is 12.3 Å². The Labute approximate surface area is 187 Å². The van der Waals surface area contributed by atoms with Gasteiger partial charge in [0.1, 0.15) is 6.54 Å². The molecule has 10 heteroatoms. The lowest BCUT2D eigenvalue weighted by atomic mass is 10.1. The van der Waals surface area contributed by atoms with Gasteiger partial charge in [-0.05, 0) is 13.3 Å². The zero-order chi connectivity index (χ0) is 24.1. The van der Waals surface area contributed by atoms with Gasteiger partial charge in [0, 0.05) is 17.5 Å². The molecule has 1 rings (SSSR count). The second-order valence-corrected chi connectivity index (χ2v) is 6.80. The van der Waals surface area contributed by atoms with Crippen LogP contribution in [0.25, 0.3) is 0 Å². The van der Waals surface area contributed by atoms with Crippen LogP contribution >= 0.6 is 12.4 Å². The Balaban J connectivity index is 0.0000102. The van der Waals surface area contributed by atoms with Crippen LogP contribution in [0.3, 0.4) is 0 Å². The lowest BCUT2D eigenvalue weighted by molar-refractivity contribution is -0.145. The first-order chi connectivity index (χ1) is 15.0. The van der Waals surface area contributed by atoms with E-state index in [1.54, 1.807) is 0 Å². The van der Waals surface area contributed by atoms with Crippen LogP contribution in [-0.4, -0.2) is 36.3 Å². The van der Waals surface area contributed by atoms with Crippen LogP contribution in [0.5, 0.6) is 0 Å². The van der Waals surface area contributed by atoms with Crippen LogP contribution in [-0.2, 0) is 20.9 Å². The Morgan fingerprint density at radius 2 is 1.77 bits per heavy atom. The molecule has 172 valence electrons. The molecule has 0 unspecified atom stereocenters. The summed E-state index contributed by atoms with van der Waals surface area (Å²) < 4.78 is 36.8. The van der Waals surface area contributed by atoms with Gasteiger partial charge < -0.3 is 18.5 Å². The van der Waals surface area contributed by atoms with E-state index >= 15 is 0 Å². The number of amides is 1. The Kier molecular flexibility index (Phi) is 11.6. The van der Waals surface area contributed by atoms with Crippen molar-refractivity contribution in [3.05, 3.63) is 22.1 Å². The summed E-state index contributed by atoms with van der Waals surface area (Å²) in [7, 11) is 0. The van der Waals surface area contributed by atoms with E-state index in [2.05, 4.69) is 16.7 Å². The number of aryl methyl sites for hydroxylation is 1.